The summed E-state index contributed by atoms with van der Waals surface area (Å²) in [5.74, 6) is 0.506. The average Bonchev–Trinajstić information content (AvgIpc) is 3.26. The summed E-state index contributed by atoms with van der Waals surface area (Å²) in [6.45, 7) is 4.80. The number of aromatic nitrogens is 3. The first-order valence-electron chi connectivity index (χ1n) is 8.46. The fourth-order valence-corrected chi connectivity index (χ4v) is 3.48. The molecule has 2 heterocycles. The van der Waals surface area contributed by atoms with Crippen molar-refractivity contribution in [1.82, 2.24) is 19.7 Å². The molecule has 3 rings (SSSR count). The highest BCUT2D eigenvalue weighted by Gasteiger charge is 2.26. The third-order valence-electron chi connectivity index (χ3n) is 3.99. The molecule has 0 spiro atoms. The zero-order chi connectivity index (χ0) is 19.2. The molecule has 9 heteroatoms. The van der Waals surface area contributed by atoms with Crippen molar-refractivity contribution in [2.24, 2.45) is 0 Å². The molecule has 0 N–H and O–H groups in total. The van der Waals surface area contributed by atoms with Crippen LogP contribution in [0.15, 0.2) is 42.1 Å². The Morgan fingerprint density at radius 3 is 2.78 bits per heavy atom. The van der Waals surface area contributed by atoms with Gasteiger partial charge >= 0.3 is 0 Å². The minimum atomic E-state index is -0.336. The molecule has 142 valence electrons. The Kier molecular flexibility index (Phi) is 6.23. The van der Waals surface area contributed by atoms with Gasteiger partial charge in [-0.05, 0) is 30.7 Å². The van der Waals surface area contributed by atoms with E-state index in [9.17, 15) is 14.0 Å². The van der Waals surface area contributed by atoms with E-state index in [-0.39, 0.29) is 30.0 Å². The van der Waals surface area contributed by atoms with Gasteiger partial charge in [0, 0.05) is 19.5 Å². The third-order valence-corrected chi connectivity index (χ3v) is 4.94. The Morgan fingerprint density at radius 1 is 1.33 bits per heavy atom. The lowest BCUT2D eigenvalue weighted by Gasteiger charge is -2.13. The van der Waals surface area contributed by atoms with Gasteiger partial charge < -0.3 is 4.74 Å². The monoisotopic (exact) mass is 390 g/mol. The number of allylic oxidation sites excluding steroid dienone is 1. The minimum Gasteiger partial charge on any atom is -0.486 e. The van der Waals surface area contributed by atoms with Crippen molar-refractivity contribution >= 4 is 23.6 Å². The highest BCUT2D eigenvalue weighted by molar-refractivity contribution is 7.99. The number of amides is 2. The highest BCUT2D eigenvalue weighted by Crippen LogP contribution is 2.21. The smallest absolute Gasteiger partial charge is 0.239 e. The number of ether oxygens (including phenoxy) is 1. The molecule has 7 nitrogen and oxygen atoms in total. The summed E-state index contributed by atoms with van der Waals surface area (Å²) < 4.78 is 20.4. The predicted molar refractivity (Wildman–Crippen MR) is 97.6 cm³/mol. The van der Waals surface area contributed by atoms with Crippen LogP contribution in [0.2, 0.25) is 0 Å². The normalized spacial score (nSPS) is 13.8. The van der Waals surface area contributed by atoms with Gasteiger partial charge in [-0.25, -0.2) is 4.39 Å². The fourth-order valence-electron chi connectivity index (χ4n) is 2.64. The number of rotatable bonds is 8. The average molecular weight is 390 g/mol. The number of imide groups is 1. The van der Waals surface area contributed by atoms with Crippen LogP contribution in [0, 0.1) is 5.82 Å². The Morgan fingerprint density at radius 2 is 2.11 bits per heavy atom. The molecule has 2 aromatic rings. The van der Waals surface area contributed by atoms with Crippen molar-refractivity contribution < 1.29 is 18.7 Å². The number of thioether (sulfide) groups is 1. The second-order valence-corrected chi connectivity index (χ2v) is 6.81. The lowest BCUT2D eigenvalue weighted by Crippen LogP contribution is -2.33. The first kappa shape index (κ1) is 19.1. The van der Waals surface area contributed by atoms with Crippen LogP contribution in [0.1, 0.15) is 18.7 Å². The first-order chi connectivity index (χ1) is 13.1. The third kappa shape index (κ3) is 4.73. The van der Waals surface area contributed by atoms with Crippen LogP contribution in [0.25, 0.3) is 0 Å². The molecule has 0 radical (unpaired) electrons. The van der Waals surface area contributed by atoms with Gasteiger partial charge in [0.15, 0.2) is 11.0 Å². The molecule has 0 atom stereocenters. The molecule has 0 saturated carbocycles. The topological polar surface area (TPSA) is 77.3 Å². The van der Waals surface area contributed by atoms with Crippen molar-refractivity contribution in [2.45, 2.75) is 31.1 Å². The SMILES string of the molecule is C=CCn1c(COc2ccc(F)cc2)nnc1SCC(=O)N1CCCC1=O. The molecule has 1 fully saturated rings. The number of benzene rings is 1. The van der Waals surface area contributed by atoms with Crippen molar-refractivity contribution in [1.29, 1.82) is 0 Å². The van der Waals surface area contributed by atoms with E-state index in [1.807, 2.05) is 0 Å². The number of hydrogen-bond donors (Lipinski definition) is 0. The van der Waals surface area contributed by atoms with E-state index in [1.54, 1.807) is 10.6 Å². The fraction of sp³-hybridized carbons (Fsp3) is 0.333. The Balaban J connectivity index is 1.63. The van der Waals surface area contributed by atoms with Crippen LogP contribution in [0.5, 0.6) is 5.75 Å². The summed E-state index contributed by atoms with van der Waals surface area (Å²) >= 11 is 1.22. The largest absolute Gasteiger partial charge is 0.486 e. The summed E-state index contributed by atoms with van der Waals surface area (Å²) in [4.78, 5) is 25.1. The van der Waals surface area contributed by atoms with Gasteiger partial charge in [0.2, 0.25) is 11.8 Å². The highest BCUT2D eigenvalue weighted by atomic mass is 32.2. The number of carbonyl (C=O) groups is 2. The lowest BCUT2D eigenvalue weighted by atomic mass is 10.3. The van der Waals surface area contributed by atoms with Crippen LogP contribution in [0.4, 0.5) is 4.39 Å². The number of halogens is 1. The molecule has 1 aromatic carbocycles. The molecule has 27 heavy (non-hydrogen) atoms. The van der Waals surface area contributed by atoms with E-state index in [0.29, 0.717) is 42.7 Å². The summed E-state index contributed by atoms with van der Waals surface area (Å²) in [6, 6.07) is 5.70. The maximum atomic E-state index is 13.0. The van der Waals surface area contributed by atoms with Gasteiger partial charge in [0.1, 0.15) is 18.2 Å². The van der Waals surface area contributed by atoms with Crippen molar-refractivity contribution in [2.75, 3.05) is 12.3 Å². The quantitative estimate of drug-likeness (QED) is 0.509. The number of carbonyl (C=O) groups excluding carboxylic acids is 2. The zero-order valence-corrected chi connectivity index (χ0v) is 15.5. The van der Waals surface area contributed by atoms with E-state index in [4.69, 9.17) is 4.74 Å². The van der Waals surface area contributed by atoms with Crippen molar-refractivity contribution in [3.8, 4) is 5.75 Å². The van der Waals surface area contributed by atoms with E-state index in [0.717, 1.165) is 0 Å². The van der Waals surface area contributed by atoms with Gasteiger partial charge in [-0.15, -0.1) is 16.8 Å². The summed E-state index contributed by atoms with van der Waals surface area (Å²) in [5, 5.41) is 8.77. The second-order valence-electron chi connectivity index (χ2n) is 5.87. The van der Waals surface area contributed by atoms with Crippen LogP contribution < -0.4 is 4.74 Å². The molecular formula is C18H19FN4O3S. The summed E-state index contributed by atoms with van der Waals surface area (Å²) in [5.41, 5.74) is 0. The standard InChI is InChI=1S/C18H19FN4O3S/c1-2-9-22-15(11-26-14-7-5-13(19)6-8-14)20-21-18(22)27-12-17(25)23-10-3-4-16(23)24/h2,5-8H,1,3-4,9-12H2. The van der Waals surface area contributed by atoms with E-state index in [2.05, 4.69) is 16.8 Å². The molecule has 0 aliphatic carbocycles. The van der Waals surface area contributed by atoms with Crippen LogP contribution >= 0.6 is 11.8 Å². The van der Waals surface area contributed by atoms with Gasteiger partial charge in [0.05, 0.1) is 5.75 Å². The second kappa shape index (κ2) is 8.81. The molecule has 1 aromatic heterocycles. The van der Waals surface area contributed by atoms with E-state index < -0.39 is 0 Å². The molecule has 1 aliphatic rings. The van der Waals surface area contributed by atoms with Crippen LogP contribution in [-0.2, 0) is 22.7 Å². The molecule has 1 saturated heterocycles. The van der Waals surface area contributed by atoms with Gasteiger partial charge in [0.25, 0.3) is 0 Å². The summed E-state index contributed by atoms with van der Waals surface area (Å²) in [7, 11) is 0. The van der Waals surface area contributed by atoms with Crippen LogP contribution in [0.3, 0.4) is 0 Å². The Labute approximate surface area is 160 Å². The zero-order valence-electron chi connectivity index (χ0n) is 14.6. The number of hydrogen-bond acceptors (Lipinski definition) is 6. The molecular weight excluding hydrogens is 371 g/mol. The Bertz CT molecular complexity index is 838. The van der Waals surface area contributed by atoms with Crippen molar-refractivity contribution in [3.05, 3.63) is 48.6 Å². The van der Waals surface area contributed by atoms with Gasteiger partial charge in [-0.2, -0.15) is 0 Å². The van der Waals surface area contributed by atoms with Gasteiger partial charge in [-0.3, -0.25) is 19.1 Å². The number of nitrogens with zero attached hydrogens (tertiary/aromatic N) is 4. The minimum absolute atomic E-state index is 0.111. The van der Waals surface area contributed by atoms with E-state index in [1.165, 1.54) is 40.9 Å². The van der Waals surface area contributed by atoms with Crippen LogP contribution in [-0.4, -0.2) is 43.8 Å². The molecule has 0 unspecified atom stereocenters. The molecule has 1 aliphatic heterocycles. The maximum Gasteiger partial charge on any atom is 0.239 e. The lowest BCUT2D eigenvalue weighted by molar-refractivity contribution is -0.140. The Hall–Kier alpha value is -2.68. The van der Waals surface area contributed by atoms with Crippen molar-refractivity contribution in [3.63, 3.8) is 0 Å². The van der Waals surface area contributed by atoms with E-state index >= 15 is 0 Å². The molecule has 2 amide bonds. The summed E-state index contributed by atoms with van der Waals surface area (Å²) in [6.07, 6.45) is 2.83. The first-order valence-corrected chi connectivity index (χ1v) is 9.44. The number of likely N-dealkylation sites (tertiary alicyclic amines) is 1. The maximum absolute atomic E-state index is 13.0. The molecule has 0 bridgehead atoms. The van der Waals surface area contributed by atoms with Gasteiger partial charge in [-0.1, -0.05) is 17.8 Å². The predicted octanol–water partition coefficient (Wildman–Crippen LogP) is 2.42.